The molecule has 0 unspecified atom stereocenters. The molecule has 2 amide bonds. The van der Waals surface area contributed by atoms with Crippen molar-refractivity contribution in [3.8, 4) is 5.75 Å². The number of hydrogen-bond donors (Lipinski definition) is 1. The van der Waals surface area contributed by atoms with Crippen molar-refractivity contribution >= 4 is 23.5 Å². The largest absolute Gasteiger partial charge is 0.482 e. The topological polar surface area (TPSA) is 84.9 Å². The molecule has 7 heteroatoms. The highest BCUT2D eigenvalue weighted by Crippen LogP contribution is 2.31. The van der Waals surface area contributed by atoms with Crippen LogP contribution in [0.15, 0.2) is 24.3 Å². The fourth-order valence-corrected chi connectivity index (χ4v) is 3.74. The molecule has 0 radical (unpaired) electrons. The molecule has 3 atom stereocenters. The lowest BCUT2D eigenvalue weighted by molar-refractivity contribution is -0.155. The quantitative estimate of drug-likeness (QED) is 0.757. The number of rotatable bonds is 6. The number of nitrogens with one attached hydrogen (secondary N) is 1. The number of hydrogen-bond acceptors (Lipinski definition) is 5. The fourth-order valence-electron chi connectivity index (χ4n) is 3.74. The number of esters is 1. The molecule has 7 nitrogen and oxygen atoms in total. The first kappa shape index (κ1) is 20.2. The van der Waals surface area contributed by atoms with E-state index in [9.17, 15) is 14.4 Å². The van der Waals surface area contributed by atoms with E-state index in [4.69, 9.17) is 9.47 Å². The van der Waals surface area contributed by atoms with Gasteiger partial charge in [-0.25, -0.2) is 0 Å². The summed E-state index contributed by atoms with van der Waals surface area (Å²) in [4.78, 5) is 38.2. The van der Waals surface area contributed by atoms with Crippen LogP contribution in [0.4, 0.5) is 5.69 Å². The zero-order chi connectivity index (χ0) is 20.1. The van der Waals surface area contributed by atoms with Crippen LogP contribution in [0.1, 0.15) is 46.0 Å². The Labute approximate surface area is 165 Å². The summed E-state index contributed by atoms with van der Waals surface area (Å²) < 4.78 is 10.7. The first-order valence-electron chi connectivity index (χ1n) is 9.97. The Morgan fingerprint density at radius 3 is 2.82 bits per heavy atom. The van der Waals surface area contributed by atoms with Crippen molar-refractivity contribution in [1.82, 2.24) is 5.32 Å². The summed E-state index contributed by atoms with van der Waals surface area (Å²) in [5.41, 5.74) is 0.642. The van der Waals surface area contributed by atoms with Gasteiger partial charge in [-0.3, -0.25) is 14.4 Å². The van der Waals surface area contributed by atoms with Gasteiger partial charge in [0.2, 0.25) is 0 Å². The minimum Gasteiger partial charge on any atom is -0.482 e. The maximum Gasteiger partial charge on any atom is 0.308 e. The van der Waals surface area contributed by atoms with E-state index in [1.165, 1.54) is 11.3 Å². The molecule has 1 aliphatic heterocycles. The van der Waals surface area contributed by atoms with Crippen LogP contribution in [-0.4, -0.2) is 43.1 Å². The summed E-state index contributed by atoms with van der Waals surface area (Å²) in [6.07, 6.45) is 3.53. The molecule has 1 saturated carbocycles. The number of ether oxygens (including phenoxy) is 2. The van der Waals surface area contributed by atoms with Crippen molar-refractivity contribution in [2.75, 3.05) is 18.1 Å². The second kappa shape index (κ2) is 9.08. The van der Waals surface area contributed by atoms with Gasteiger partial charge in [-0.15, -0.1) is 0 Å². The van der Waals surface area contributed by atoms with Crippen LogP contribution >= 0.6 is 0 Å². The third kappa shape index (κ3) is 4.82. The zero-order valence-electron chi connectivity index (χ0n) is 16.5. The molecule has 1 heterocycles. The van der Waals surface area contributed by atoms with Crippen LogP contribution in [0.25, 0.3) is 0 Å². The molecule has 1 fully saturated rings. The molecule has 0 aromatic heterocycles. The summed E-state index contributed by atoms with van der Waals surface area (Å²) in [7, 11) is 0. The summed E-state index contributed by atoms with van der Waals surface area (Å²) in [5.74, 6) is 0.0809. The highest BCUT2D eigenvalue weighted by atomic mass is 16.5. The van der Waals surface area contributed by atoms with Crippen molar-refractivity contribution in [3.05, 3.63) is 24.3 Å². The molecule has 0 spiro atoms. The average Bonchev–Trinajstić information content (AvgIpc) is 2.69. The van der Waals surface area contributed by atoms with Gasteiger partial charge in [0.05, 0.1) is 12.1 Å². The Bertz CT molecular complexity index is 735. The van der Waals surface area contributed by atoms with Gasteiger partial charge in [-0.05, 0) is 37.8 Å². The van der Waals surface area contributed by atoms with E-state index in [1.807, 2.05) is 12.1 Å². The van der Waals surface area contributed by atoms with Gasteiger partial charge in [-0.2, -0.15) is 0 Å². The molecule has 1 aliphatic carbocycles. The monoisotopic (exact) mass is 388 g/mol. The molecule has 28 heavy (non-hydrogen) atoms. The van der Waals surface area contributed by atoms with Gasteiger partial charge in [-0.1, -0.05) is 31.9 Å². The first-order valence-corrected chi connectivity index (χ1v) is 9.97. The Kier molecular flexibility index (Phi) is 6.54. The van der Waals surface area contributed by atoms with Crippen molar-refractivity contribution in [2.24, 2.45) is 5.92 Å². The van der Waals surface area contributed by atoms with Crippen LogP contribution in [0.3, 0.4) is 0 Å². The lowest BCUT2D eigenvalue weighted by Crippen LogP contribution is -2.46. The molecule has 0 bridgehead atoms. The van der Waals surface area contributed by atoms with Gasteiger partial charge in [0, 0.05) is 12.6 Å². The van der Waals surface area contributed by atoms with Crippen molar-refractivity contribution in [2.45, 2.75) is 58.1 Å². The second-order valence-corrected chi connectivity index (χ2v) is 7.56. The van der Waals surface area contributed by atoms with Crippen LogP contribution < -0.4 is 15.0 Å². The lowest BCUT2D eigenvalue weighted by atomic mass is 9.86. The Balaban J connectivity index is 1.49. The average molecular weight is 388 g/mol. The molecule has 152 valence electrons. The van der Waals surface area contributed by atoms with E-state index < -0.39 is 12.1 Å². The summed E-state index contributed by atoms with van der Waals surface area (Å²) in [5, 5.41) is 3.00. The normalized spacial score (nSPS) is 22.6. The Morgan fingerprint density at radius 2 is 2.04 bits per heavy atom. The van der Waals surface area contributed by atoms with E-state index in [-0.39, 0.29) is 37.4 Å². The molecule has 2 aliphatic rings. The van der Waals surface area contributed by atoms with Crippen LogP contribution in [0, 0.1) is 5.92 Å². The number of amides is 2. The molecular formula is C21H28N2O5. The van der Waals surface area contributed by atoms with E-state index >= 15 is 0 Å². The molecule has 1 aromatic carbocycles. The van der Waals surface area contributed by atoms with Gasteiger partial charge < -0.3 is 19.7 Å². The van der Waals surface area contributed by atoms with Crippen LogP contribution in [0.2, 0.25) is 0 Å². The number of para-hydroxylation sites is 2. The van der Waals surface area contributed by atoms with Crippen LogP contribution in [0.5, 0.6) is 5.75 Å². The lowest BCUT2D eigenvalue weighted by Gasteiger charge is -2.30. The SMILES string of the molecule is C[C@@H](OC(=O)CCN1C(=O)COc2ccccc21)C(=O)N[C@H]1CCCC[C@@H]1C. The minimum atomic E-state index is -0.852. The van der Waals surface area contributed by atoms with Crippen molar-refractivity contribution in [3.63, 3.8) is 0 Å². The highest BCUT2D eigenvalue weighted by molar-refractivity contribution is 5.98. The highest BCUT2D eigenvalue weighted by Gasteiger charge is 2.28. The Morgan fingerprint density at radius 1 is 1.29 bits per heavy atom. The zero-order valence-corrected chi connectivity index (χ0v) is 16.5. The number of carbonyl (C=O) groups is 3. The smallest absolute Gasteiger partial charge is 0.308 e. The van der Waals surface area contributed by atoms with Crippen LogP contribution in [-0.2, 0) is 19.1 Å². The predicted molar refractivity (Wildman–Crippen MR) is 104 cm³/mol. The van der Waals surface area contributed by atoms with Gasteiger partial charge in [0.25, 0.3) is 11.8 Å². The van der Waals surface area contributed by atoms with Crippen molar-refractivity contribution in [1.29, 1.82) is 0 Å². The first-order chi connectivity index (χ1) is 13.5. The molecule has 1 N–H and O–H groups in total. The fraction of sp³-hybridized carbons (Fsp3) is 0.571. The summed E-state index contributed by atoms with van der Waals surface area (Å²) in [6, 6.07) is 7.34. The molecular weight excluding hydrogens is 360 g/mol. The van der Waals surface area contributed by atoms with E-state index in [0.717, 1.165) is 19.3 Å². The third-order valence-electron chi connectivity index (χ3n) is 5.46. The maximum absolute atomic E-state index is 12.3. The van der Waals surface area contributed by atoms with E-state index in [1.54, 1.807) is 19.1 Å². The number of anilines is 1. The number of carbonyl (C=O) groups excluding carboxylic acids is 3. The standard InChI is InChI=1S/C21H28N2O5/c1-14-7-3-4-8-16(14)22-21(26)15(2)28-20(25)11-12-23-17-9-5-6-10-18(17)27-13-19(23)24/h5-6,9-10,14-16H,3-4,7-8,11-13H2,1-2H3,(H,22,26)/t14-,15+,16-/m0/s1. The third-order valence-corrected chi connectivity index (χ3v) is 5.46. The molecule has 1 aromatic rings. The predicted octanol–water partition coefficient (Wildman–Crippen LogP) is 2.43. The number of nitrogens with zero attached hydrogens (tertiary/aromatic N) is 1. The van der Waals surface area contributed by atoms with Gasteiger partial charge in [0.1, 0.15) is 5.75 Å². The molecule has 0 saturated heterocycles. The number of benzene rings is 1. The summed E-state index contributed by atoms with van der Waals surface area (Å²) >= 11 is 0. The van der Waals surface area contributed by atoms with E-state index in [0.29, 0.717) is 17.4 Å². The van der Waals surface area contributed by atoms with Crippen molar-refractivity contribution < 1.29 is 23.9 Å². The number of fused-ring (bicyclic) bond motifs is 1. The molecule has 3 rings (SSSR count). The van der Waals surface area contributed by atoms with Gasteiger partial charge >= 0.3 is 5.97 Å². The van der Waals surface area contributed by atoms with E-state index in [2.05, 4.69) is 12.2 Å². The summed E-state index contributed by atoms with van der Waals surface area (Å²) in [6.45, 7) is 3.85. The minimum absolute atomic E-state index is 0.0114. The maximum atomic E-state index is 12.3. The van der Waals surface area contributed by atoms with Gasteiger partial charge in [0.15, 0.2) is 12.7 Å². The second-order valence-electron chi connectivity index (χ2n) is 7.56. The Hall–Kier alpha value is -2.57.